The molecule has 0 fully saturated rings. The van der Waals surface area contributed by atoms with Gasteiger partial charge in [0.1, 0.15) is 17.9 Å². The van der Waals surface area contributed by atoms with Crippen LogP contribution in [-0.2, 0) is 30.8 Å². The number of nitrogens with zero attached hydrogens (tertiary/aromatic N) is 6. The first kappa shape index (κ1) is 31.9. The molecule has 2 atom stereocenters. The van der Waals surface area contributed by atoms with Gasteiger partial charge in [-0.15, -0.1) is 0 Å². The van der Waals surface area contributed by atoms with E-state index in [0.29, 0.717) is 34.3 Å². The first-order chi connectivity index (χ1) is 21.9. The van der Waals surface area contributed by atoms with Gasteiger partial charge in [0.05, 0.1) is 58.6 Å². The molecule has 234 valence electrons. The molecule has 5 rings (SSSR count). The average molecular weight is 638 g/mol. The number of rotatable bonds is 8. The first-order valence-electron chi connectivity index (χ1n) is 14.6. The van der Waals surface area contributed by atoms with Crippen molar-refractivity contribution < 1.29 is 22.8 Å². The van der Waals surface area contributed by atoms with Crippen molar-refractivity contribution in [2.75, 3.05) is 28.4 Å². The Balaban J connectivity index is 1.69. The summed E-state index contributed by atoms with van der Waals surface area (Å²) in [4.78, 5) is 43.5. The fourth-order valence-electron chi connectivity index (χ4n) is 5.35. The van der Waals surface area contributed by atoms with E-state index >= 15 is 0 Å². The van der Waals surface area contributed by atoms with Gasteiger partial charge in [0.2, 0.25) is 11.8 Å². The van der Waals surface area contributed by atoms with Crippen LogP contribution in [0.25, 0.3) is 16.6 Å². The monoisotopic (exact) mass is 637 g/mol. The van der Waals surface area contributed by atoms with Gasteiger partial charge in [-0.3, -0.25) is 14.4 Å². The summed E-state index contributed by atoms with van der Waals surface area (Å²) in [6.45, 7) is 3.09. The molecule has 1 aromatic heterocycles. The molecule has 0 unspecified atom stereocenters. The lowest BCUT2D eigenvalue weighted by Gasteiger charge is -2.26. The molecule has 1 aliphatic heterocycles. The van der Waals surface area contributed by atoms with Crippen LogP contribution in [0, 0.1) is 28.6 Å². The minimum Gasteiger partial charge on any atom is -0.342 e. The van der Waals surface area contributed by atoms with Crippen molar-refractivity contribution >= 4 is 49.8 Å². The standard InChI is InChI=1S/C33H31N7O5S/c1-4-21(2)32(42)36-26-19-38(31(41)20-46(3,44)45)29-14-13-22(16-34)15-30(29)39(33(26)43)18-25-24-10-6-8-12-28(24)40(37-25)27-11-7-5-9-23(27)17-35/h5-15,21,26H,4,18-20H2,1-3H3,(H,36,42)/t21-,26+/m1/s1. The van der Waals surface area contributed by atoms with Gasteiger partial charge in [-0.1, -0.05) is 44.2 Å². The van der Waals surface area contributed by atoms with E-state index in [1.54, 1.807) is 35.9 Å². The Hall–Kier alpha value is -5.53. The highest BCUT2D eigenvalue weighted by atomic mass is 32.2. The van der Waals surface area contributed by atoms with E-state index in [2.05, 4.69) is 17.5 Å². The molecule has 46 heavy (non-hydrogen) atoms. The summed E-state index contributed by atoms with van der Waals surface area (Å²) in [5.41, 5.74) is 2.66. The second-order valence-electron chi connectivity index (χ2n) is 11.2. The predicted molar refractivity (Wildman–Crippen MR) is 172 cm³/mol. The SMILES string of the molecule is CC[C@@H](C)C(=O)N[C@H]1CN(C(=O)CS(C)(=O)=O)c2ccc(C#N)cc2N(Cc2nn(-c3ccccc3C#N)c3ccccc23)C1=O. The maximum Gasteiger partial charge on any atom is 0.251 e. The Morgan fingerprint density at radius 3 is 2.43 bits per heavy atom. The summed E-state index contributed by atoms with van der Waals surface area (Å²) in [7, 11) is -3.75. The lowest BCUT2D eigenvalue weighted by molar-refractivity contribution is -0.129. The molecule has 1 N–H and O–H groups in total. The van der Waals surface area contributed by atoms with E-state index in [0.717, 1.165) is 6.26 Å². The number of nitrogens with one attached hydrogen (secondary N) is 1. The lowest BCUT2D eigenvalue weighted by Crippen LogP contribution is -2.54. The zero-order valence-electron chi connectivity index (χ0n) is 25.5. The maximum absolute atomic E-state index is 14.4. The number of fused-ring (bicyclic) bond motifs is 2. The molecule has 0 aliphatic carbocycles. The molecular weight excluding hydrogens is 606 g/mol. The fourth-order valence-corrected chi connectivity index (χ4v) is 5.95. The smallest absolute Gasteiger partial charge is 0.251 e. The largest absolute Gasteiger partial charge is 0.342 e. The van der Waals surface area contributed by atoms with Gasteiger partial charge in [-0.05, 0) is 42.8 Å². The summed E-state index contributed by atoms with van der Waals surface area (Å²) in [6, 6.07) is 21.7. The van der Waals surface area contributed by atoms with Crippen molar-refractivity contribution in [3.63, 3.8) is 0 Å². The number of carbonyl (C=O) groups is 3. The Bertz CT molecular complexity index is 2060. The number of sulfone groups is 1. The van der Waals surface area contributed by atoms with Crippen molar-refractivity contribution in [2.24, 2.45) is 5.92 Å². The molecule has 0 saturated heterocycles. The fraction of sp³-hybridized carbons (Fsp3) is 0.273. The Morgan fingerprint density at radius 2 is 1.74 bits per heavy atom. The van der Waals surface area contributed by atoms with Gasteiger partial charge in [0.25, 0.3) is 5.91 Å². The number of aromatic nitrogens is 2. The number of benzene rings is 3. The Kier molecular flexibility index (Phi) is 8.89. The molecule has 3 amide bonds. The zero-order valence-corrected chi connectivity index (χ0v) is 26.3. The van der Waals surface area contributed by atoms with Crippen LogP contribution in [0.5, 0.6) is 0 Å². The third-order valence-corrected chi connectivity index (χ3v) is 8.67. The van der Waals surface area contributed by atoms with Gasteiger partial charge in [0, 0.05) is 17.6 Å². The molecule has 2 heterocycles. The summed E-state index contributed by atoms with van der Waals surface area (Å²) in [5.74, 6) is -3.01. The van der Waals surface area contributed by atoms with E-state index < -0.39 is 45.3 Å². The third kappa shape index (κ3) is 6.32. The topological polar surface area (TPSA) is 169 Å². The van der Waals surface area contributed by atoms with E-state index in [9.17, 15) is 33.3 Å². The molecule has 12 nitrogen and oxygen atoms in total. The zero-order chi connectivity index (χ0) is 33.2. The Morgan fingerprint density at radius 1 is 1.02 bits per heavy atom. The van der Waals surface area contributed by atoms with Crippen LogP contribution in [0.3, 0.4) is 0 Å². The quantitative estimate of drug-likeness (QED) is 0.307. The van der Waals surface area contributed by atoms with Crippen LogP contribution in [0.2, 0.25) is 0 Å². The number of carbonyl (C=O) groups excluding carboxylic acids is 3. The first-order valence-corrected chi connectivity index (χ1v) is 16.6. The van der Waals surface area contributed by atoms with E-state index in [1.165, 1.54) is 28.0 Å². The number of hydrogen-bond acceptors (Lipinski definition) is 8. The molecule has 3 aromatic carbocycles. The molecule has 0 saturated carbocycles. The van der Waals surface area contributed by atoms with E-state index in [1.807, 2.05) is 31.2 Å². The summed E-state index contributed by atoms with van der Waals surface area (Å²) >= 11 is 0. The molecule has 0 spiro atoms. The number of hydrogen-bond donors (Lipinski definition) is 1. The van der Waals surface area contributed by atoms with Crippen LogP contribution in [-0.4, -0.2) is 60.5 Å². The molecule has 4 aromatic rings. The van der Waals surface area contributed by atoms with Gasteiger partial charge in [-0.2, -0.15) is 15.6 Å². The number of anilines is 2. The van der Waals surface area contributed by atoms with Crippen LogP contribution in [0.15, 0.2) is 66.7 Å². The highest BCUT2D eigenvalue weighted by Gasteiger charge is 2.38. The van der Waals surface area contributed by atoms with E-state index in [-0.39, 0.29) is 30.0 Å². The van der Waals surface area contributed by atoms with Crippen LogP contribution in [0.4, 0.5) is 11.4 Å². The summed E-state index contributed by atoms with van der Waals surface area (Å²) < 4.78 is 25.9. The minimum atomic E-state index is -3.75. The maximum atomic E-state index is 14.4. The molecule has 1 aliphatic rings. The van der Waals surface area contributed by atoms with Crippen molar-refractivity contribution in [3.8, 4) is 17.8 Å². The Labute approximate surface area is 266 Å². The minimum absolute atomic E-state index is 0.132. The molecular formula is C33H31N7O5S. The number of para-hydroxylation sites is 2. The lowest BCUT2D eigenvalue weighted by atomic mass is 10.1. The summed E-state index contributed by atoms with van der Waals surface area (Å²) in [6.07, 6.45) is 1.44. The predicted octanol–water partition coefficient (Wildman–Crippen LogP) is 3.22. The van der Waals surface area contributed by atoms with Crippen LogP contribution >= 0.6 is 0 Å². The highest BCUT2D eigenvalue weighted by molar-refractivity contribution is 7.91. The summed E-state index contributed by atoms with van der Waals surface area (Å²) in [5, 5.41) is 27.8. The molecule has 0 bridgehead atoms. The second kappa shape index (κ2) is 12.8. The van der Waals surface area contributed by atoms with Gasteiger partial charge in [0.15, 0.2) is 9.84 Å². The third-order valence-electron chi connectivity index (χ3n) is 7.90. The number of amides is 3. The van der Waals surface area contributed by atoms with Crippen molar-refractivity contribution in [1.82, 2.24) is 15.1 Å². The van der Waals surface area contributed by atoms with Crippen molar-refractivity contribution in [1.29, 1.82) is 10.5 Å². The van der Waals surface area contributed by atoms with E-state index in [4.69, 9.17) is 5.10 Å². The van der Waals surface area contributed by atoms with Crippen LogP contribution in [0.1, 0.15) is 37.1 Å². The van der Waals surface area contributed by atoms with Crippen LogP contribution < -0.4 is 15.1 Å². The van der Waals surface area contributed by atoms with Crippen molar-refractivity contribution in [3.05, 3.63) is 83.6 Å². The normalized spacial score (nSPS) is 15.4. The highest BCUT2D eigenvalue weighted by Crippen LogP contribution is 2.36. The van der Waals surface area contributed by atoms with Crippen molar-refractivity contribution in [2.45, 2.75) is 32.9 Å². The van der Waals surface area contributed by atoms with Gasteiger partial charge in [-0.25, -0.2) is 13.1 Å². The molecule has 13 heteroatoms. The second-order valence-corrected chi connectivity index (χ2v) is 13.3. The van der Waals surface area contributed by atoms with Gasteiger partial charge >= 0.3 is 0 Å². The number of nitriles is 2. The molecule has 0 radical (unpaired) electrons. The average Bonchev–Trinajstić information content (AvgIpc) is 3.36. The van der Waals surface area contributed by atoms with Gasteiger partial charge < -0.3 is 15.1 Å².